The number of hydrogen-bond donors (Lipinski definition) is 2. The largest absolute Gasteiger partial charge is 0.492 e. The molecule has 0 saturated carbocycles. The lowest BCUT2D eigenvalue weighted by molar-refractivity contribution is -0.133. The number of carbonyl (C=O) groups excluding carboxylic acids is 3. The lowest BCUT2D eigenvalue weighted by atomic mass is 10.2. The highest BCUT2D eigenvalue weighted by molar-refractivity contribution is 6.45. The quantitative estimate of drug-likeness (QED) is 0.617. The number of halogens is 1. The Labute approximate surface area is 155 Å². The second-order valence-electron chi connectivity index (χ2n) is 5.02. The van der Waals surface area contributed by atoms with E-state index in [0.717, 1.165) is 0 Å². The van der Waals surface area contributed by atoms with Crippen molar-refractivity contribution in [3.63, 3.8) is 0 Å². The Kier molecular flexibility index (Phi) is 6.57. The molecule has 0 aliphatic heterocycles. The highest BCUT2D eigenvalue weighted by Crippen LogP contribution is 2.25. The van der Waals surface area contributed by atoms with Crippen molar-refractivity contribution < 1.29 is 23.9 Å². The van der Waals surface area contributed by atoms with E-state index in [2.05, 4.69) is 15.4 Å². The Morgan fingerprint density at radius 3 is 2.31 bits per heavy atom. The van der Waals surface area contributed by atoms with Gasteiger partial charge in [-0.15, -0.1) is 0 Å². The van der Waals surface area contributed by atoms with Gasteiger partial charge in [-0.1, -0.05) is 23.7 Å². The fraction of sp³-hybridized carbons (Fsp3) is 0.167. The zero-order valence-corrected chi connectivity index (χ0v) is 14.9. The van der Waals surface area contributed by atoms with Crippen LogP contribution in [0.1, 0.15) is 17.3 Å². The third-order valence-corrected chi connectivity index (χ3v) is 3.61. The average Bonchev–Trinajstić information content (AvgIpc) is 2.64. The second-order valence-corrected chi connectivity index (χ2v) is 5.43. The number of rotatable bonds is 5. The maximum Gasteiger partial charge on any atom is 0.337 e. The van der Waals surface area contributed by atoms with E-state index >= 15 is 0 Å². The Balaban J connectivity index is 2.13. The lowest BCUT2D eigenvalue weighted by Gasteiger charge is -2.12. The van der Waals surface area contributed by atoms with Gasteiger partial charge in [0.15, 0.2) is 0 Å². The van der Waals surface area contributed by atoms with Crippen LogP contribution in [0.5, 0.6) is 5.75 Å². The fourth-order valence-corrected chi connectivity index (χ4v) is 2.24. The van der Waals surface area contributed by atoms with Gasteiger partial charge in [0.2, 0.25) is 0 Å². The predicted octanol–water partition coefficient (Wildman–Crippen LogP) is 3.10. The van der Waals surface area contributed by atoms with Gasteiger partial charge in [-0.25, -0.2) is 4.79 Å². The summed E-state index contributed by atoms with van der Waals surface area (Å²) >= 11 is 6.00. The van der Waals surface area contributed by atoms with Crippen LogP contribution in [-0.4, -0.2) is 31.5 Å². The zero-order chi connectivity index (χ0) is 19.1. The minimum Gasteiger partial charge on any atom is -0.492 e. The van der Waals surface area contributed by atoms with E-state index in [0.29, 0.717) is 18.0 Å². The number of anilines is 2. The maximum absolute atomic E-state index is 12.2. The molecule has 0 radical (unpaired) electrons. The van der Waals surface area contributed by atoms with Gasteiger partial charge in [0.05, 0.1) is 35.7 Å². The topological polar surface area (TPSA) is 93.7 Å². The molecule has 0 spiro atoms. The predicted molar refractivity (Wildman–Crippen MR) is 97.7 cm³/mol. The number of benzene rings is 2. The summed E-state index contributed by atoms with van der Waals surface area (Å²) in [6, 6.07) is 10.9. The molecule has 8 heteroatoms. The summed E-state index contributed by atoms with van der Waals surface area (Å²) < 4.78 is 10.0. The standard InChI is InChI=1S/C18H17ClN2O5/c1-3-26-15-7-5-4-6-13(15)20-16(22)17(23)21-14-10-11(18(24)25-2)8-9-12(14)19/h4-10H,3H2,1-2H3,(H,20,22)(H,21,23). The molecule has 0 saturated heterocycles. The van der Waals surface area contributed by atoms with Crippen LogP contribution < -0.4 is 15.4 Å². The smallest absolute Gasteiger partial charge is 0.337 e. The normalized spacial score (nSPS) is 9.96. The van der Waals surface area contributed by atoms with Crippen molar-refractivity contribution in [3.05, 3.63) is 53.1 Å². The minimum atomic E-state index is -0.944. The summed E-state index contributed by atoms with van der Waals surface area (Å²) in [6.45, 7) is 2.22. The molecule has 0 atom stereocenters. The third kappa shape index (κ3) is 4.73. The van der Waals surface area contributed by atoms with Crippen molar-refractivity contribution in [2.75, 3.05) is 24.4 Å². The van der Waals surface area contributed by atoms with Crippen molar-refractivity contribution in [2.24, 2.45) is 0 Å². The van der Waals surface area contributed by atoms with Gasteiger partial charge in [-0.05, 0) is 37.3 Å². The number of carbonyl (C=O) groups is 3. The first-order valence-corrected chi connectivity index (χ1v) is 8.06. The maximum atomic E-state index is 12.2. The number of esters is 1. The van der Waals surface area contributed by atoms with Crippen LogP contribution in [-0.2, 0) is 14.3 Å². The molecule has 0 aromatic heterocycles. The summed E-state index contributed by atoms with van der Waals surface area (Å²) in [4.78, 5) is 35.9. The van der Waals surface area contributed by atoms with Crippen molar-refractivity contribution in [2.45, 2.75) is 6.92 Å². The van der Waals surface area contributed by atoms with Crippen LogP contribution in [0, 0.1) is 0 Å². The first-order valence-electron chi connectivity index (χ1n) is 7.68. The molecule has 2 rings (SSSR count). The van der Waals surface area contributed by atoms with Crippen molar-refractivity contribution in [1.82, 2.24) is 0 Å². The molecule has 2 amide bonds. The van der Waals surface area contributed by atoms with Crippen LogP contribution >= 0.6 is 11.6 Å². The molecular weight excluding hydrogens is 360 g/mol. The number of para-hydroxylation sites is 2. The van der Waals surface area contributed by atoms with E-state index in [1.54, 1.807) is 24.3 Å². The van der Waals surface area contributed by atoms with E-state index < -0.39 is 17.8 Å². The molecule has 0 aliphatic rings. The molecule has 7 nitrogen and oxygen atoms in total. The van der Waals surface area contributed by atoms with Gasteiger partial charge < -0.3 is 20.1 Å². The van der Waals surface area contributed by atoms with Crippen LogP contribution in [0.15, 0.2) is 42.5 Å². The van der Waals surface area contributed by atoms with Crippen LogP contribution in [0.3, 0.4) is 0 Å². The van der Waals surface area contributed by atoms with Crippen LogP contribution in [0.2, 0.25) is 5.02 Å². The summed E-state index contributed by atoms with van der Waals surface area (Å²) in [5.74, 6) is -1.99. The van der Waals surface area contributed by atoms with Gasteiger partial charge >= 0.3 is 17.8 Å². The number of ether oxygens (including phenoxy) is 2. The highest BCUT2D eigenvalue weighted by atomic mass is 35.5. The molecule has 2 aromatic rings. The van der Waals surface area contributed by atoms with Gasteiger partial charge in [-0.3, -0.25) is 9.59 Å². The van der Waals surface area contributed by atoms with Crippen LogP contribution in [0.25, 0.3) is 0 Å². The monoisotopic (exact) mass is 376 g/mol. The average molecular weight is 377 g/mol. The number of methoxy groups -OCH3 is 1. The summed E-state index contributed by atoms with van der Waals surface area (Å²) in [5, 5.41) is 5.02. The van der Waals surface area contributed by atoms with E-state index in [1.807, 2.05) is 6.92 Å². The Morgan fingerprint density at radius 1 is 1.00 bits per heavy atom. The summed E-state index contributed by atoms with van der Waals surface area (Å²) in [5.41, 5.74) is 0.672. The zero-order valence-electron chi connectivity index (χ0n) is 14.2. The molecule has 136 valence electrons. The highest BCUT2D eigenvalue weighted by Gasteiger charge is 2.18. The van der Waals surface area contributed by atoms with E-state index in [4.69, 9.17) is 16.3 Å². The van der Waals surface area contributed by atoms with E-state index in [1.165, 1.54) is 25.3 Å². The second kappa shape index (κ2) is 8.87. The molecule has 2 aromatic carbocycles. The molecule has 26 heavy (non-hydrogen) atoms. The molecule has 0 heterocycles. The number of nitrogens with one attached hydrogen (secondary N) is 2. The molecular formula is C18H17ClN2O5. The third-order valence-electron chi connectivity index (χ3n) is 3.28. The lowest BCUT2D eigenvalue weighted by Crippen LogP contribution is -2.29. The number of hydrogen-bond acceptors (Lipinski definition) is 5. The van der Waals surface area contributed by atoms with Gasteiger partial charge in [0, 0.05) is 0 Å². The molecule has 0 fully saturated rings. The van der Waals surface area contributed by atoms with Gasteiger partial charge in [0.1, 0.15) is 5.75 Å². The first-order chi connectivity index (χ1) is 12.5. The van der Waals surface area contributed by atoms with E-state index in [-0.39, 0.29) is 16.3 Å². The van der Waals surface area contributed by atoms with Crippen molar-refractivity contribution >= 4 is 40.8 Å². The Bertz CT molecular complexity index is 838. The van der Waals surface area contributed by atoms with Crippen molar-refractivity contribution in [1.29, 1.82) is 0 Å². The fourth-order valence-electron chi connectivity index (χ4n) is 2.08. The Morgan fingerprint density at radius 2 is 1.65 bits per heavy atom. The van der Waals surface area contributed by atoms with Crippen LogP contribution in [0.4, 0.5) is 11.4 Å². The molecule has 2 N–H and O–H groups in total. The molecule has 0 unspecified atom stereocenters. The SMILES string of the molecule is CCOc1ccccc1NC(=O)C(=O)Nc1cc(C(=O)OC)ccc1Cl. The molecule has 0 aliphatic carbocycles. The Hall–Kier alpha value is -3.06. The first kappa shape index (κ1) is 19.3. The van der Waals surface area contributed by atoms with E-state index in [9.17, 15) is 14.4 Å². The van der Waals surface area contributed by atoms with Gasteiger partial charge in [-0.2, -0.15) is 0 Å². The number of amides is 2. The van der Waals surface area contributed by atoms with Gasteiger partial charge in [0.25, 0.3) is 0 Å². The molecule has 0 bridgehead atoms. The minimum absolute atomic E-state index is 0.118. The summed E-state index contributed by atoms with van der Waals surface area (Å²) in [7, 11) is 1.23. The van der Waals surface area contributed by atoms with Crippen molar-refractivity contribution in [3.8, 4) is 5.75 Å². The summed E-state index contributed by atoms with van der Waals surface area (Å²) in [6.07, 6.45) is 0.